The molecule has 77 heavy (non-hydrogen) atoms. The Labute approximate surface area is 453 Å². The second-order valence-electron chi connectivity index (χ2n) is 25.0. The van der Waals surface area contributed by atoms with Gasteiger partial charge in [0, 0.05) is 50.5 Å². The van der Waals surface area contributed by atoms with E-state index in [9.17, 15) is 25.5 Å². The van der Waals surface area contributed by atoms with E-state index in [4.69, 9.17) is 56.8 Å². The Morgan fingerprint density at radius 1 is 0.519 bits per heavy atom. The lowest BCUT2D eigenvalue weighted by molar-refractivity contribution is -0.341. The first-order valence-corrected chi connectivity index (χ1v) is 29.4. The number of hydrogen-bond donors (Lipinski definition) is 5. The third-order valence-electron chi connectivity index (χ3n) is 20.0. The Bertz CT molecular complexity index is 2220. The van der Waals surface area contributed by atoms with E-state index in [-0.39, 0.29) is 91.6 Å². The minimum atomic E-state index is -1.50. The highest BCUT2D eigenvalue weighted by atomic mass is 16.7. The maximum atomic E-state index is 12.4. The Hall–Kier alpha value is -2.24. The van der Waals surface area contributed by atoms with E-state index < -0.39 is 109 Å². The van der Waals surface area contributed by atoms with Gasteiger partial charge < -0.3 is 82.4 Å². The molecule has 12 rings (SSSR count). The van der Waals surface area contributed by atoms with Crippen LogP contribution in [0.25, 0.3) is 0 Å². The van der Waals surface area contributed by atoms with Crippen molar-refractivity contribution < 1.29 is 82.4 Å². The molecule has 1 unspecified atom stereocenters. The average molecular weight is 1080 g/mol. The normalized spacial score (nSPS) is 55.7. The second kappa shape index (κ2) is 22.5. The lowest BCUT2D eigenvalue weighted by Gasteiger charge is -2.53. The summed E-state index contributed by atoms with van der Waals surface area (Å²) >= 11 is 0. The van der Waals surface area contributed by atoms with E-state index in [2.05, 4.69) is 31.7 Å². The second-order valence-corrected chi connectivity index (χ2v) is 25.0. The predicted octanol–water partition coefficient (Wildman–Crippen LogP) is 4.78. The van der Waals surface area contributed by atoms with Crippen molar-refractivity contribution >= 4 is 0 Å². The van der Waals surface area contributed by atoms with Gasteiger partial charge in [-0.15, -0.1) is 0 Å². The summed E-state index contributed by atoms with van der Waals surface area (Å²) in [6.45, 7) is 13.9. The van der Waals surface area contributed by atoms with Crippen molar-refractivity contribution in [1.82, 2.24) is 0 Å². The highest BCUT2D eigenvalue weighted by Crippen LogP contribution is 2.50. The molecule has 0 saturated carbocycles. The Morgan fingerprint density at radius 2 is 1.13 bits per heavy atom. The van der Waals surface area contributed by atoms with E-state index >= 15 is 0 Å². The third-order valence-corrected chi connectivity index (χ3v) is 20.0. The highest BCUT2D eigenvalue weighted by molar-refractivity contribution is 5.18. The van der Waals surface area contributed by atoms with Crippen molar-refractivity contribution in [2.24, 2.45) is 23.7 Å². The summed E-state index contributed by atoms with van der Waals surface area (Å²) in [7, 11) is 0. The lowest BCUT2D eigenvalue weighted by Crippen LogP contribution is -2.63. The summed E-state index contributed by atoms with van der Waals surface area (Å²) < 4.78 is 82.5. The van der Waals surface area contributed by atoms with Gasteiger partial charge in [0.25, 0.3) is 0 Å². The van der Waals surface area contributed by atoms with Crippen LogP contribution in [0.15, 0.2) is 73.4 Å². The van der Waals surface area contributed by atoms with E-state index in [1.54, 1.807) is 6.08 Å². The van der Waals surface area contributed by atoms with Crippen molar-refractivity contribution in [1.29, 1.82) is 0 Å². The number of allylic oxidation sites excluding steroid dienone is 2. The first kappa shape index (κ1) is 55.3. The van der Waals surface area contributed by atoms with Gasteiger partial charge in [-0.05, 0) is 57.3 Å². The number of ether oxygens (including phenoxy) is 12. The molecule has 0 aliphatic carbocycles. The molecule has 12 aliphatic rings. The molecule has 0 radical (unpaired) electrons. The van der Waals surface area contributed by atoms with Crippen LogP contribution in [0.5, 0.6) is 0 Å². The van der Waals surface area contributed by atoms with E-state index in [0.29, 0.717) is 57.8 Å². The minimum absolute atomic E-state index is 0.0639. The number of rotatable bonds is 5. The van der Waals surface area contributed by atoms with Gasteiger partial charge in [-0.25, -0.2) is 0 Å². The van der Waals surface area contributed by atoms with Gasteiger partial charge >= 0.3 is 0 Å². The number of hydrogen-bond acceptors (Lipinski definition) is 17. The summed E-state index contributed by atoms with van der Waals surface area (Å²) in [5, 5.41) is 57.4. The zero-order valence-corrected chi connectivity index (χ0v) is 45.4. The van der Waals surface area contributed by atoms with Crippen LogP contribution in [-0.4, -0.2) is 196 Å². The van der Waals surface area contributed by atoms with Crippen LogP contribution in [0.3, 0.4) is 0 Å². The van der Waals surface area contributed by atoms with Crippen molar-refractivity contribution in [2.45, 2.75) is 269 Å². The van der Waals surface area contributed by atoms with E-state index in [1.165, 1.54) is 0 Å². The molecule has 12 heterocycles. The highest BCUT2D eigenvalue weighted by Gasteiger charge is 2.61. The lowest BCUT2D eigenvalue weighted by atomic mass is 9.75. The monoisotopic (exact) mass is 1080 g/mol. The van der Waals surface area contributed by atoms with Gasteiger partial charge in [-0.2, -0.15) is 0 Å². The van der Waals surface area contributed by atoms with Crippen LogP contribution >= 0.6 is 0 Å². The number of fused-ring (bicyclic) bond motifs is 11. The van der Waals surface area contributed by atoms with Gasteiger partial charge in [0.15, 0.2) is 5.79 Å². The Morgan fingerprint density at radius 3 is 1.91 bits per heavy atom. The number of aliphatic hydroxyl groups excluding tert-OH is 4. The van der Waals surface area contributed by atoms with Gasteiger partial charge in [0.1, 0.15) is 54.4 Å². The largest absolute Gasteiger partial charge is 0.396 e. The van der Waals surface area contributed by atoms with Gasteiger partial charge in [0.2, 0.25) is 0 Å². The van der Waals surface area contributed by atoms with Crippen LogP contribution < -0.4 is 0 Å². The zero-order valence-electron chi connectivity index (χ0n) is 45.4. The zero-order chi connectivity index (χ0) is 53.5. The molecule has 0 aromatic carbocycles. The van der Waals surface area contributed by atoms with Crippen molar-refractivity contribution in [3.63, 3.8) is 0 Å². The van der Waals surface area contributed by atoms with Crippen molar-refractivity contribution in [3.05, 3.63) is 73.4 Å². The van der Waals surface area contributed by atoms with Crippen LogP contribution in [0.1, 0.15) is 105 Å². The predicted molar refractivity (Wildman–Crippen MR) is 278 cm³/mol. The molecule has 428 valence electrons. The van der Waals surface area contributed by atoms with Gasteiger partial charge in [0.05, 0.1) is 104 Å². The SMILES string of the molecule is C=C/C=C/[C@H]1C=CC[C@@H]2O[C@@H]3C[C@@H]4O[C@@H]5C=C[C@@H]6O[C@@H]7C[C@@H](O)[C@]8(C)O[C@@H]9C[C@H](C)C[C@@H]%10O[C@@H]%11[C@@H](C)[C@H](O)[C@@H]%12OC(O)(CCCO)[C@@H](C)[C@H](C)[C@H]%12O[C@H]%11C[C@H]%10O[C@H]9C[C@H]8O[C@H]7C/C=C\C[C@H]6O[C@H]5C=C[C@H]4O[C@H]3[C@H](O)[C@H]2O1. The number of aliphatic hydroxyl groups is 5. The molecule has 8 fully saturated rings. The topological polar surface area (TPSA) is 212 Å². The molecular formula is C60H86O17. The summed E-state index contributed by atoms with van der Waals surface area (Å²) in [6.07, 6.45) is 15.6. The third kappa shape index (κ3) is 10.5. The van der Waals surface area contributed by atoms with E-state index in [1.807, 2.05) is 70.2 Å². The molecule has 0 spiro atoms. The molecule has 0 aromatic rings. The van der Waals surface area contributed by atoms with Gasteiger partial charge in [-0.3, -0.25) is 0 Å². The average Bonchev–Trinajstić information content (AvgIpc) is 3.95. The van der Waals surface area contributed by atoms with Crippen molar-refractivity contribution in [3.8, 4) is 0 Å². The first-order valence-electron chi connectivity index (χ1n) is 29.4. The molecule has 0 bridgehead atoms. The molecule has 0 amide bonds. The van der Waals surface area contributed by atoms with Crippen LogP contribution in [0.2, 0.25) is 0 Å². The van der Waals surface area contributed by atoms with Gasteiger partial charge in [-0.1, -0.05) is 101 Å². The summed E-state index contributed by atoms with van der Waals surface area (Å²) in [6, 6.07) is 0. The quantitative estimate of drug-likeness (QED) is 0.185. The summed E-state index contributed by atoms with van der Waals surface area (Å²) in [4.78, 5) is 0. The Kier molecular flexibility index (Phi) is 16.2. The molecule has 12 aliphatic heterocycles. The van der Waals surface area contributed by atoms with E-state index in [0.717, 1.165) is 6.42 Å². The Balaban J connectivity index is 0.721. The maximum absolute atomic E-state index is 12.4. The summed E-state index contributed by atoms with van der Waals surface area (Å²) in [5.74, 6) is -2.11. The first-order chi connectivity index (χ1) is 37.1. The molecule has 5 N–H and O–H groups in total. The fourth-order valence-electron chi connectivity index (χ4n) is 15.3. The summed E-state index contributed by atoms with van der Waals surface area (Å²) in [5.41, 5.74) is -1.04. The van der Waals surface area contributed by atoms with Crippen molar-refractivity contribution in [2.75, 3.05) is 6.61 Å². The van der Waals surface area contributed by atoms with Crippen LogP contribution in [0, 0.1) is 23.7 Å². The molecule has 31 atom stereocenters. The minimum Gasteiger partial charge on any atom is -0.396 e. The fraction of sp³-hybridized carbons (Fsp3) is 0.800. The standard InChI is InChI=1S/C60H86O17/c1-7-8-13-34-14-11-17-41-56(66-34)53(64)57-49(70-41)26-43-40(73-57)21-20-38-39(68-43)19-18-37-35(67-38)15-9-10-16-36-45(69-37)28-50(62)59(6)51(72-36)29-46-47(76-59)25-30(2)24-42-44(71-46)27-48-54(74-42)32(4)52(63)58-55(75-48)31(3)33(5)60(65,77-58)22-12-23-61/h7-11,13-14,18-21,30-58,61-65H,1,12,15-17,22-29H2,2-6H3/b10-9-,13-8+/t30-,31+,32+,33+,34+,35-,36+,37+,38+,39-,40-,41+,42+,43+,44-,45-,46+,47-,48+,49-,50-,51-,52+,53-,54-,55-,56+,57-,58+,59+,60?/m1/s1. The molecular weight excluding hydrogens is 993 g/mol. The molecule has 17 heteroatoms. The molecule has 17 nitrogen and oxygen atoms in total. The fourth-order valence-corrected chi connectivity index (χ4v) is 15.3. The van der Waals surface area contributed by atoms with Crippen LogP contribution in [0.4, 0.5) is 0 Å². The van der Waals surface area contributed by atoms with Crippen LogP contribution in [-0.2, 0) is 56.8 Å². The molecule has 0 aromatic heterocycles. The maximum Gasteiger partial charge on any atom is 0.169 e. The smallest absolute Gasteiger partial charge is 0.169 e. The molecule has 8 saturated heterocycles.